The molecule has 0 fully saturated rings. The van der Waals surface area contributed by atoms with Gasteiger partial charge in [0.05, 0.1) is 5.70 Å². The Balaban J connectivity index is 3.19. The van der Waals surface area contributed by atoms with Gasteiger partial charge in [-0.25, -0.2) is 0 Å². The first kappa shape index (κ1) is 17.0. The van der Waals surface area contributed by atoms with Crippen molar-refractivity contribution in [3.63, 3.8) is 0 Å². The molecule has 0 aliphatic carbocycles. The molecule has 114 valence electrons. The average molecular weight is 286 g/mol. The third-order valence-electron chi connectivity index (χ3n) is 3.09. The van der Waals surface area contributed by atoms with Gasteiger partial charge >= 0.3 is 0 Å². The van der Waals surface area contributed by atoms with E-state index in [9.17, 15) is 0 Å². The van der Waals surface area contributed by atoms with Gasteiger partial charge in [-0.1, -0.05) is 43.7 Å². The van der Waals surface area contributed by atoms with Gasteiger partial charge in [-0.15, -0.1) is 0 Å². The van der Waals surface area contributed by atoms with Crippen molar-refractivity contribution < 1.29 is 0 Å². The van der Waals surface area contributed by atoms with E-state index in [0.29, 0.717) is 23.6 Å². The number of hydrogen-bond acceptors (Lipinski definition) is 4. The van der Waals surface area contributed by atoms with Crippen LogP contribution in [-0.4, -0.2) is 12.3 Å². The van der Waals surface area contributed by atoms with Crippen molar-refractivity contribution in [1.82, 2.24) is 0 Å². The molecule has 6 N–H and O–H groups in total. The second-order valence-corrected chi connectivity index (χ2v) is 5.02. The van der Waals surface area contributed by atoms with E-state index in [1.54, 1.807) is 6.08 Å². The Kier molecular flexibility index (Phi) is 7.26. The first-order valence-corrected chi connectivity index (χ1v) is 7.34. The van der Waals surface area contributed by atoms with Crippen LogP contribution >= 0.6 is 0 Å². The van der Waals surface area contributed by atoms with Crippen LogP contribution in [0.25, 0.3) is 0 Å². The minimum Gasteiger partial charge on any atom is -0.401 e. The third-order valence-corrected chi connectivity index (χ3v) is 3.09. The molecule has 0 aliphatic rings. The molecule has 0 saturated heterocycles. The summed E-state index contributed by atoms with van der Waals surface area (Å²) in [4.78, 5) is 4.73. The fourth-order valence-corrected chi connectivity index (χ4v) is 1.85. The molecule has 1 rings (SSSR count). The van der Waals surface area contributed by atoms with Gasteiger partial charge in [-0.05, 0) is 31.4 Å². The van der Waals surface area contributed by atoms with Crippen molar-refractivity contribution in [2.24, 2.45) is 22.2 Å². The van der Waals surface area contributed by atoms with E-state index in [2.05, 4.69) is 19.1 Å². The van der Waals surface area contributed by atoms with E-state index in [4.69, 9.17) is 22.2 Å². The standard InChI is InChI=1S/C17H26N4/c1-3-4-10-16(14-8-6-5-7-9-14)21-17(13(2)19)11-15(20)12-18/h5-9,11H,3-4,10,12,18-20H2,1-2H3/b15-11-,17-13?,21-16?. The van der Waals surface area contributed by atoms with Crippen LogP contribution in [0.2, 0.25) is 0 Å². The number of nitrogens with zero attached hydrogens (tertiary/aromatic N) is 1. The molecule has 1 aromatic rings. The van der Waals surface area contributed by atoms with Gasteiger partial charge in [-0.2, -0.15) is 0 Å². The molecule has 0 heterocycles. The van der Waals surface area contributed by atoms with E-state index >= 15 is 0 Å². The quantitative estimate of drug-likeness (QED) is 0.531. The number of allylic oxidation sites excluding steroid dienone is 2. The lowest BCUT2D eigenvalue weighted by atomic mass is 10.0. The SMILES string of the molecule is CCCCC(=NC(/C=C(\N)CN)=C(C)N)c1ccccc1. The summed E-state index contributed by atoms with van der Waals surface area (Å²) in [5, 5.41) is 0. The van der Waals surface area contributed by atoms with Crippen LogP contribution in [0.1, 0.15) is 38.7 Å². The molecule has 0 aliphatic heterocycles. The molecule has 0 saturated carbocycles. The Morgan fingerprint density at radius 2 is 1.86 bits per heavy atom. The van der Waals surface area contributed by atoms with Gasteiger partial charge in [0, 0.05) is 23.7 Å². The maximum atomic E-state index is 5.93. The summed E-state index contributed by atoms with van der Waals surface area (Å²) >= 11 is 0. The Bertz CT molecular complexity index is 523. The first-order valence-electron chi connectivity index (χ1n) is 7.34. The van der Waals surface area contributed by atoms with Gasteiger partial charge in [0.2, 0.25) is 0 Å². The molecular formula is C17H26N4. The van der Waals surface area contributed by atoms with Crippen LogP contribution < -0.4 is 17.2 Å². The molecule has 21 heavy (non-hydrogen) atoms. The second-order valence-electron chi connectivity index (χ2n) is 5.02. The van der Waals surface area contributed by atoms with Crippen molar-refractivity contribution in [2.75, 3.05) is 6.54 Å². The van der Waals surface area contributed by atoms with E-state index in [1.807, 2.05) is 25.1 Å². The summed E-state index contributed by atoms with van der Waals surface area (Å²) in [5.41, 5.74) is 21.3. The Morgan fingerprint density at radius 1 is 1.19 bits per heavy atom. The molecule has 0 amide bonds. The first-order chi connectivity index (χ1) is 10.1. The summed E-state index contributed by atoms with van der Waals surface area (Å²) in [5.74, 6) is 0. The van der Waals surface area contributed by atoms with E-state index in [0.717, 1.165) is 30.5 Å². The topological polar surface area (TPSA) is 90.4 Å². The molecule has 1 aromatic carbocycles. The molecule has 4 heteroatoms. The van der Waals surface area contributed by atoms with Crippen molar-refractivity contribution in [2.45, 2.75) is 33.1 Å². The summed E-state index contributed by atoms with van der Waals surface area (Å²) in [7, 11) is 0. The minimum atomic E-state index is 0.294. The van der Waals surface area contributed by atoms with E-state index in [1.165, 1.54) is 0 Å². The lowest BCUT2D eigenvalue weighted by Gasteiger charge is -2.09. The maximum absolute atomic E-state index is 5.93. The van der Waals surface area contributed by atoms with Crippen molar-refractivity contribution >= 4 is 5.71 Å². The fourth-order valence-electron chi connectivity index (χ4n) is 1.85. The predicted molar refractivity (Wildman–Crippen MR) is 90.7 cm³/mol. The summed E-state index contributed by atoms with van der Waals surface area (Å²) < 4.78 is 0. The second kappa shape index (κ2) is 8.97. The normalized spacial score (nSPS) is 14.0. The number of benzene rings is 1. The van der Waals surface area contributed by atoms with Crippen LogP contribution in [0, 0.1) is 0 Å². The molecule has 0 atom stereocenters. The van der Waals surface area contributed by atoms with Gasteiger partial charge in [0.15, 0.2) is 0 Å². The maximum Gasteiger partial charge on any atom is 0.0834 e. The van der Waals surface area contributed by atoms with Gasteiger partial charge in [-0.3, -0.25) is 4.99 Å². The fraction of sp³-hybridized carbons (Fsp3) is 0.353. The molecule has 0 unspecified atom stereocenters. The van der Waals surface area contributed by atoms with Gasteiger partial charge in [0.1, 0.15) is 0 Å². The monoisotopic (exact) mass is 286 g/mol. The average Bonchev–Trinajstić information content (AvgIpc) is 2.50. The number of nitrogens with two attached hydrogens (primary N) is 3. The number of hydrogen-bond donors (Lipinski definition) is 3. The number of unbranched alkanes of at least 4 members (excludes halogenated alkanes) is 1. The zero-order valence-corrected chi connectivity index (χ0v) is 13.0. The zero-order valence-electron chi connectivity index (χ0n) is 13.0. The number of aliphatic imine (C=N–C) groups is 1. The Labute approximate surface area is 127 Å². The highest BCUT2D eigenvalue weighted by atomic mass is 14.8. The highest BCUT2D eigenvalue weighted by molar-refractivity contribution is 6.01. The molecule has 4 nitrogen and oxygen atoms in total. The van der Waals surface area contributed by atoms with Crippen molar-refractivity contribution in [3.05, 3.63) is 59.1 Å². The predicted octanol–water partition coefficient (Wildman–Crippen LogP) is 2.66. The van der Waals surface area contributed by atoms with Crippen LogP contribution in [0.5, 0.6) is 0 Å². The lowest BCUT2D eigenvalue weighted by molar-refractivity contribution is 0.834. The Hall–Kier alpha value is -2.07. The summed E-state index contributed by atoms with van der Waals surface area (Å²) in [6.07, 6.45) is 4.87. The van der Waals surface area contributed by atoms with Crippen LogP contribution in [0.3, 0.4) is 0 Å². The Morgan fingerprint density at radius 3 is 2.38 bits per heavy atom. The summed E-state index contributed by atoms with van der Waals surface area (Å²) in [6, 6.07) is 10.2. The highest BCUT2D eigenvalue weighted by Gasteiger charge is 2.05. The van der Waals surface area contributed by atoms with Crippen LogP contribution in [0.15, 0.2) is 58.5 Å². The van der Waals surface area contributed by atoms with Crippen LogP contribution in [-0.2, 0) is 0 Å². The highest BCUT2D eigenvalue weighted by Crippen LogP contribution is 2.13. The van der Waals surface area contributed by atoms with E-state index < -0.39 is 0 Å². The largest absolute Gasteiger partial charge is 0.401 e. The van der Waals surface area contributed by atoms with Gasteiger partial charge in [0.25, 0.3) is 0 Å². The summed E-state index contributed by atoms with van der Waals surface area (Å²) in [6.45, 7) is 4.28. The van der Waals surface area contributed by atoms with E-state index in [-0.39, 0.29) is 0 Å². The van der Waals surface area contributed by atoms with Crippen molar-refractivity contribution in [1.29, 1.82) is 0 Å². The lowest BCUT2D eigenvalue weighted by Crippen LogP contribution is -2.12. The molecule has 0 bridgehead atoms. The molecular weight excluding hydrogens is 260 g/mol. The molecule has 0 spiro atoms. The van der Waals surface area contributed by atoms with Gasteiger partial charge < -0.3 is 17.2 Å². The third kappa shape index (κ3) is 5.83. The molecule has 0 radical (unpaired) electrons. The smallest absolute Gasteiger partial charge is 0.0834 e. The van der Waals surface area contributed by atoms with Crippen molar-refractivity contribution in [3.8, 4) is 0 Å². The minimum absolute atomic E-state index is 0.294. The zero-order chi connectivity index (χ0) is 15.7. The van der Waals surface area contributed by atoms with Crippen LogP contribution in [0.4, 0.5) is 0 Å². The number of rotatable bonds is 7. The molecule has 0 aromatic heterocycles.